The molecule has 0 radical (unpaired) electrons. The van der Waals surface area contributed by atoms with Crippen molar-refractivity contribution in [1.82, 2.24) is 23.7 Å². The van der Waals surface area contributed by atoms with Crippen molar-refractivity contribution in [1.29, 1.82) is 0 Å². The second-order valence-corrected chi connectivity index (χ2v) is 10.2. The van der Waals surface area contributed by atoms with Gasteiger partial charge in [0.2, 0.25) is 21.8 Å². The number of aromatic nitrogens is 3. The number of rotatable bonds is 8. The van der Waals surface area contributed by atoms with Crippen LogP contribution >= 0.6 is 0 Å². The van der Waals surface area contributed by atoms with E-state index in [4.69, 9.17) is 0 Å². The van der Waals surface area contributed by atoms with Crippen LogP contribution in [0.1, 0.15) is 17.8 Å². The molecule has 2 heterocycles. The number of anilines is 1. The number of sulfonamides is 1. The van der Waals surface area contributed by atoms with E-state index in [0.29, 0.717) is 23.6 Å². The minimum absolute atomic E-state index is 0.0945. The van der Waals surface area contributed by atoms with E-state index < -0.39 is 10.0 Å². The molecule has 0 aliphatic rings. The van der Waals surface area contributed by atoms with Crippen LogP contribution in [-0.4, -0.2) is 71.7 Å². The molecule has 0 atom stereocenters. The smallest absolute Gasteiger partial charge is 0.245 e. The van der Waals surface area contributed by atoms with Gasteiger partial charge in [-0.1, -0.05) is 0 Å². The first-order valence-corrected chi connectivity index (χ1v) is 11.8. The van der Waals surface area contributed by atoms with Crippen molar-refractivity contribution < 1.29 is 18.0 Å². The topological polar surface area (TPSA) is 117 Å². The van der Waals surface area contributed by atoms with Crippen LogP contribution < -0.4 is 5.32 Å². The number of likely N-dealkylation sites (N-methyl/N-ethyl adjacent to an activating group) is 1. The summed E-state index contributed by atoms with van der Waals surface area (Å²) in [5.41, 5.74) is 2.29. The van der Waals surface area contributed by atoms with E-state index in [0.717, 1.165) is 15.4 Å². The molecule has 0 saturated carbocycles. The van der Waals surface area contributed by atoms with Gasteiger partial charge in [0, 0.05) is 47.2 Å². The molecular weight excluding hydrogens is 444 g/mol. The van der Waals surface area contributed by atoms with Crippen LogP contribution in [-0.2, 0) is 33.1 Å². The SMILES string of the molecule is Cc1ccnc(NC(=O)CN(C)C(=O)CCc2nc3cc(S(=O)(=O)N(C)C)ccc3n2C)c1. The van der Waals surface area contributed by atoms with Gasteiger partial charge in [0.05, 0.1) is 22.5 Å². The zero-order valence-electron chi connectivity index (χ0n) is 19.4. The maximum absolute atomic E-state index is 12.6. The van der Waals surface area contributed by atoms with Crippen molar-refractivity contribution in [3.05, 3.63) is 47.9 Å². The molecule has 3 aromatic rings. The van der Waals surface area contributed by atoms with Crippen molar-refractivity contribution in [2.75, 3.05) is 33.0 Å². The highest BCUT2D eigenvalue weighted by Gasteiger charge is 2.20. The maximum atomic E-state index is 12.6. The number of amides is 2. The molecule has 33 heavy (non-hydrogen) atoms. The first kappa shape index (κ1) is 24.3. The van der Waals surface area contributed by atoms with Gasteiger partial charge in [0.15, 0.2) is 0 Å². The summed E-state index contributed by atoms with van der Waals surface area (Å²) in [7, 11) is 2.78. The highest BCUT2D eigenvalue weighted by Crippen LogP contribution is 2.22. The van der Waals surface area contributed by atoms with Gasteiger partial charge >= 0.3 is 0 Å². The summed E-state index contributed by atoms with van der Waals surface area (Å²) in [5.74, 6) is 0.558. The number of carbonyl (C=O) groups excluding carboxylic acids is 2. The Hall–Kier alpha value is -3.31. The number of benzene rings is 1. The first-order valence-electron chi connectivity index (χ1n) is 10.3. The standard InChI is InChI=1S/C22H28N6O4S/c1-15-10-11-23-19(12-15)25-21(29)14-27(4)22(30)9-8-20-24-17-13-16(33(31,32)26(2)3)6-7-18(17)28(20)5/h6-7,10-13H,8-9,14H2,1-5H3,(H,23,25,29). The van der Waals surface area contributed by atoms with E-state index in [1.807, 2.05) is 24.6 Å². The summed E-state index contributed by atoms with van der Waals surface area (Å²) in [4.78, 5) is 34.9. The zero-order valence-corrected chi connectivity index (χ0v) is 20.2. The van der Waals surface area contributed by atoms with Crippen molar-refractivity contribution in [2.24, 2.45) is 7.05 Å². The summed E-state index contributed by atoms with van der Waals surface area (Å²) < 4.78 is 27.8. The number of nitrogens with zero attached hydrogens (tertiary/aromatic N) is 5. The van der Waals surface area contributed by atoms with Crippen LogP contribution in [0, 0.1) is 6.92 Å². The zero-order chi connectivity index (χ0) is 24.3. The molecule has 0 aliphatic heterocycles. The third-order valence-electron chi connectivity index (χ3n) is 5.28. The van der Waals surface area contributed by atoms with Gasteiger partial charge in [0.1, 0.15) is 11.6 Å². The minimum Gasteiger partial charge on any atom is -0.336 e. The van der Waals surface area contributed by atoms with E-state index >= 15 is 0 Å². The van der Waals surface area contributed by atoms with Crippen molar-refractivity contribution in [2.45, 2.75) is 24.7 Å². The molecule has 0 fully saturated rings. The Labute approximate surface area is 193 Å². The van der Waals surface area contributed by atoms with Crippen molar-refractivity contribution in [3.8, 4) is 0 Å². The Morgan fingerprint density at radius 3 is 2.52 bits per heavy atom. The second-order valence-electron chi connectivity index (χ2n) is 8.04. The van der Waals surface area contributed by atoms with Crippen molar-refractivity contribution >= 4 is 38.7 Å². The van der Waals surface area contributed by atoms with E-state index in [-0.39, 0.29) is 29.7 Å². The lowest BCUT2D eigenvalue weighted by Gasteiger charge is -2.16. The summed E-state index contributed by atoms with van der Waals surface area (Å²) in [6.07, 6.45) is 2.12. The fourth-order valence-electron chi connectivity index (χ4n) is 3.32. The third kappa shape index (κ3) is 5.55. The Morgan fingerprint density at radius 1 is 1.12 bits per heavy atom. The van der Waals surface area contributed by atoms with Gasteiger partial charge in [-0.2, -0.15) is 0 Å². The second kappa shape index (κ2) is 9.67. The lowest BCUT2D eigenvalue weighted by Crippen LogP contribution is -2.35. The van der Waals surface area contributed by atoms with E-state index in [1.165, 1.54) is 25.1 Å². The molecule has 0 saturated heterocycles. The molecule has 0 aliphatic carbocycles. The predicted molar refractivity (Wildman–Crippen MR) is 125 cm³/mol. The van der Waals surface area contributed by atoms with Crippen LogP contribution in [0.2, 0.25) is 0 Å². The van der Waals surface area contributed by atoms with Gasteiger partial charge in [0.25, 0.3) is 0 Å². The largest absolute Gasteiger partial charge is 0.336 e. The minimum atomic E-state index is -3.56. The average Bonchev–Trinajstić information content (AvgIpc) is 3.06. The Balaban J connectivity index is 1.63. The first-order chi connectivity index (χ1) is 15.5. The van der Waals surface area contributed by atoms with Crippen LogP contribution in [0.15, 0.2) is 41.4 Å². The Kier molecular flexibility index (Phi) is 7.13. The van der Waals surface area contributed by atoms with Gasteiger partial charge in [-0.05, 0) is 42.8 Å². The van der Waals surface area contributed by atoms with Gasteiger partial charge in [-0.25, -0.2) is 22.7 Å². The number of carbonyl (C=O) groups is 2. The molecule has 2 amide bonds. The third-order valence-corrected chi connectivity index (χ3v) is 7.09. The maximum Gasteiger partial charge on any atom is 0.245 e. The van der Waals surface area contributed by atoms with Crippen LogP contribution in [0.5, 0.6) is 0 Å². The fraction of sp³-hybridized carbons (Fsp3) is 0.364. The lowest BCUT2D eigenvalue weighted by atomic mass is 10.2. The van der Waals surface area contributed by atoms with Crippen molar-refractivity contribution in [3.63, 3.8) is 0 Å². The van der Waals surface area contributed by atoms with Crippen LogP contribution in [0.4, 0.5) is 5.82 Å². The summed E-state index contributed by atoms with van der Waals surface area (Å²) in [5, 5.41) is 2.68. The lowest BCUT2D eigenvalue weighted by molar-refractivity contribution is -0.133. The molecule has 0 unspecified atom stereocenters. The van der Waals surface area contributed by atoms with E-state index in [1.54, 1.807) is 31.4 Å². The van der Waals surface area contributed by atoms with E-state index in [2.05, 4.69) is 15.3 Å². The number of imidazole rings is 1. The quantitative estimate of drug-likeness (QED) is 0.532. The monoisotopic (exact) mass is 472 g/mol. The number of pyridine rings is 1. The Morgan fingerprint density at radius 2 is 1.85 bits per heavy atom. The molecule has 3 rings (SSSR count). The average molecular weight is 473 g/mol. The number of aryl methyl sites for hydroxylation is 3. The molecule has 2 aromatic heterocycles. The number of hydrogen-bond donors (Lipinski definition) is 1. The molecule has 0 bridgehead atoms. The van der Waals surface area contributed by atoms with Gasteiger partial charge in [-0.15, -0.1) is 0 Å². The molecular formula is C22H28N6O4S. The molecule has 176 valence electrons. The highest BCUT2D eigenvalue weighted by molar-refractivity contribution is 7.89. The summed E-state index contributed by atoms with van der Waals surface area (Å²) in [6, 6.07) is 8.37. The number of hydrogen-bond acceptors (Lipinski definition) is 6. The number of nitrogens with one attached hydrogen (secondary N) is 1. The molecule has 11 heteroatoms. The molecule has 1 N–H and O–H groups in total. The van der Waals surface area contributed by atoms with Gasteiger partial charge < -0.3 is 14.8 Å². The predicted octanol–water partition coefficient (Wildman–Crippen LogP) is 1.56. The number of fused-ring (bicyclic) bond motifs is 1. The van der Waals surface area contributed by atoms with Crippen LogP contribution in [0.3, 0.4) is 0 Å². The summed E-state index contributed by atoms with van der Waals surface area (Å²) >= 11 is 0. The van der Waals surface area contributed by atoms with Crippen LogP contribution in [0.25, 0.3) is 11.0 Å². The molecule has 0 spiro atoms. The fourth-order valence-corrected chi connectivity index (χ4v) is 4.25. The van der Waals surface area contributed by atoms with Gasteiger partial charge in [-0.3, -0.25) is 9.59 Å². The molecule has 10 nitrogen and oxygen atoms in total. The Bertz CT molecular complexity index is 1300. The van der Waals surface area contributed by atoms with E-state index in [9.17, 15) is 18.0 Å². The highest BCUT2D eigenvalue weighted by atomic mass is 32.2. The molecule has 1 aromatic carbocycles. The normalized spacial score (nSPS) is 11.7. The summed E-state index contributed by atoms with van der Waals surface area (Å²) in [6.45, 7) is 1.80.